The molecule has 4 aromatic rings. The third kappa shape index (κ3) is 4.92. The summed E-state index contributed by atoms with van der Waals surface area (Å²) in [6.07, 6.45) is 2.32. The molecule has 180 valence electrons. The molecule has 1 amide bonds. The summed E-state index contributed by atoms with van der Waals surface area (Å²) in [5.74, 6) is 1.95. The van der Waals surface area contributed by atoms with Gasteiger partial charge >= 0.3 is 0 Å². The molecule has 0 saturated carbocycles. The summed E-state index contributed by atoms with van der Waals surface area (Å²) in [4.78, 5) is 20.0. The maximum Gasteiger partial charge on any atom is 0.227 e. The summed E-state index contributed by atoms with van der Waals surface area (Å²) in [6, 6.07) is 22.1. The first-order valence-corrected chi connectivity index (χ1v) is 12.6. The molecule has 0 N–H and O–H groups in total. The summed E-state index contributed by atoms with van der Waals surface area (Å²) < 4.78 is 8.16. The van der Waals surface area contributed by atoms with E-state index in [1.807, 2.05) is 41.3 Å². The third-order valence-electron chi connectivity index (χ3n) is 6.69. The number of nitrogens with zero attached hydrogens (tertiary/aromatic N) is 3. The van der Waals surface area contributed by atoms with Crippen LogP contribution in [0.5, 0.6) is 5.75 Å². The van der Waals surface area contributed by atoms with Gasteiger partial charge < -0.3 is 14.2 Å². The van der Waals surface area contributed by atoms with Crippen LogP contribution in [-0.4, -0.2) is 28.6 Å². The maximum atomic E-state index is 13.0. The lowest BCUT2D eigenvalue weighted by Crippen LogP contribution is -2.25. The Morgan fingerprint density at radius 1 is 1.03 bits per heavy atom. The number of benzene rings is 3. The second-order valence-electron chi connectivity index (χ2n) is 9.29. The molecule has 35 heavy (non-hydrogen) atoms. The van der Waals surface area contributed by atoms with Gasteiger partial charge in [-0.2, -0.15) is 0 Å². The number of para-hydroxylation sites is 3. The standard InChI is InChI=1S/C29H30ClN3O2/c1-20-13-14-25(21(2)17-20)33-19-22(18-28(33)34)29-31-24-10-4-5-11-26(24)32(29)15-7-8-16-35-27-12-6-3-9-23(27)30/h3-6,9-14,17,22H,7-8,15-16,18-19H2,1-2H3. The van der Waals surface area contributed by atoms with Gasteiger partial charge in [0.15, 0.2) is 0 Å². The van der Waals surface area contributed by atoms with Crippen molar-refractivity contribution in [3.63, 3.8) is 0 Å². The SMILES string of the molecule is Cc1ccc(N2CC(c3nc4ccccc4n3CCCCOc3ccccc3Cl)CC2=O)c(C)c1. The summed E-state index contributed by atoms with van der Waals surface area (Å²) >= 11 is 6.19. The lowest BCUT2D eigenvalue weighted by Gasteiger charge is -2.20. The number of hydrogen-bond donors (Lipinski definition) is 0. The molecule has 1 aliphatic rings. The number of carbonyl (C=O) groups is 1. The van der Waals surface area contributed by atoms with E-state index >= 15 is 0 Å². The lowest BCUT2D eigenvalue weighted by molar-refractivity contribution is -0.117. The van der Waals surface area contributed by atoms with Gasteiger partial charge in [-0.1, -0.05) is 53.6 Å². The number of imidazole rings is 1. The Balaban J connectivity index is 1.31. The molecular formula is C29H30ClN3O2. The van der Waals surface area contributed by atoms with Crippen molar-refractivity contribution in [2.75, 3.05) is 18.1 Å². The molecule has 1 fully saturated rings. The highest BCUT2D eigenvalue weighted by atomic mass is 35.5. The molecule has 0 bridgehead atoms. The van der Waals surface area contributed by atoms with Crippen molar-refractivity contribution in [2.24, 2.45) is 0 Å². The number of anilines is 1. The number of aromatic nitrogens is 2. The number of aryl methyl sites for hydroxylation is 3. The minimum absolute atomic E-state index is 0.0648. The van der Waals surface area contributed by atoms with E-state index in [4.69, 9.17) is 21.3 Å². The number of halogens is 1. The molecule has 5 nitrogen and oxygen atoms in total. The predicted molar refractivity (Wildman–Crippen MR) is 142 cm³/mol. The molecule has 1 atom stereocenters. The van der Waals surface area contributed by atoms with Crippen LogP contribution in [0.25, 0.3) is 11.0 Å². The maximum absolute atomic E-state index is 13.0. The number of amides is 1. The van der Waals surface area contributed by atoms with Crippen LogP contribution in [0.2, 0.25) is 5.02 Å². The molecular weight excluding hydrogens is 458 g/mol. The van der Waals surface area contributed by atoms with Crippen LogP contribution in [0.4, 0.5) is 5.69 Å². The molecule has 1 saturated heterocycles. The van der Waals surface area contributed by atoms with Gasteiger partial charge in [-0.15, -0.1) is 0 Å². The average Bonchev–Trinajstić information content (AvgIpc) is 3.40. The van der Waals surface area contributed by atoms with Gasteiger partial charge in [0.25, 0.3) is 0 Å². The normalized spacial score (nSPS) is 15.8. The molecule has 1 unspecified atom stereocenters. The second kappa shape index (κ2) is 10.1. The van der Waals surface area contributed by atoms with E-state index in [0.717, 1.165) is 53.2 Å². The molecule has 1 aliphatic heterocycles. The molecule has 0 radical (unpaired) electrons. The second-order valence-corrected chi connectivity index (χ2v) is 9.70. The molecule has 2 heterocycles. The van der Waals surface area contributed by atoms with E-state index in [-0.39, 0.29) is 11.8 Å². The van der Waals surface area contributed by atoms with E-state index in [1.54, 1.807) is 0 Å². The number of carbonyl (C=O) groups excluding carboxylic acids is 1. The minimum atomic E-state index is 0.0648. The van der Waals surface area contributed by atoms with Crippen LogP contribution in [0.3, 0.4) is 0 Å². The van der Waals surface area contributed by atoms with Gasteiger partial charge in [-0.25, -0.2) is 4.98 Å². The van der Waals surface area contributed by atoms with Gasteiger partial charge in [0, 0.05) is 31.1 Å². The van der Waals surface area contributed by atoms with E-state index in [0.29, 0.717) is 24.6 Å². The van der Waals surface area contributed by atoms with E-state index < -0.39 is 0 Å². The Kier molecular flexibility index (Phi) is 6.78. The number of ether oxygens (including phenoxy) is 1. The van der Waals surface area contributed by atoms with Crippen molar-refractivity contribution in [1.82, 2.24) is 9.55 Å². The van der Waals surface area contributed by atoms with Crippen LogP contribution >= 0.6 is 11.6 Å². The minimum Gasteiger partial charge on any atom is -0.492 e. The molecule has 1 aromatic heterocycles. The summed E-state index contributed by atoms with van der Waals surface area (Å²) in [5, 5.41) is 0.634. The van der Waals surface area contributed by atoms with Crippen molar-refractivity contribution in [3.05, 3.63) is 88.7 Å². The van der Waals surface area contributed by atoms with Crippen LogP contribution < -0.4 is 9.64 Å². The Morgan fingerprint density at radius 2 is 1.83 bits per heavy atom. The Hall–Kier alpha value is -3.31. The lowest BCUT2D eigenvalue weighted by atomic mass is 10.1. The average molecular weight is 488 g/mol. The molecule has 6 heteroatoms. The Bertz CT molecular complexity index is 1360. The first-order valence-electron chi connectivity index (χ1n) is 12.2. The van der Waals surface area contributed by atoms with Gasteiger partial charge in [0.1, 0.15) is 11.6 Å². The molecule has 0 aliphatic carbocycles. The van der Waals surface area contributed by atoms with Crippen molar-refractivity contribution in [3.8, 4) is 5.75 Å². The number of fused-ring (bicyclic) bond motifs is 1. The topological polar surface area (TPSA) is 47.4 Å². The highest BCUT2D eigenvalue weighted by molar-refractivity contribution is 6.32. The fraction of sp³-hybridized carbons (Fsp3) is 0.310. The smallest absolute Gasteiger partial charge is 0.227 e. The fourth-order valence-electron chi connectivity index (χ4n) is 4.98. The highest BCUT2D eigenvalue weighted by Crippen LogP contribution is 2.35. The number of rotatable bonds is 8. The van der Waals surface area contributed by atoms with Gasteiger partial charge in [-0.05, 0) is 62.6 Å². The zero-order valence-electron chi connectivity index (χ0n) is 20.2. The van der Waals surface area contributed by atoms with Crippen molar-refractivity contribution >= 4 is 34.2 Å². The summed E-state index contributed by atoms with van der Waals surface area (Å²) in [5.41, 5.74) is 5.43. The zero-order valence-corrected chi connectivity index (χ0v) is 21.0. The fourth-order valence-corrected chi connectivity index (χ4v) is 5.17. The van der Waals surface area contributed by atoms with Gasteiger partial charge in [-0.3, -0.25) is 4.79 Å². The largest absolute Gasteiger partial charge is 0.492 e. The third-order valence-corrected chi connectivity index (χ3v) is 7.00. The van der Waals surface area contributed by atoms with E-state index in [2.05, 4.69) is 48.7 Å². The zero-order chi connectivity index (χ0) is 24.4. The molecule has 3 aromatic carbocycles. The van der Waals surface area contributed by atoms with Gasteiger partial charge in [0.05, 0.1) is 22.7 Å². The quantitative estimate of drug-likeness (QED) is 0.260. The van der Waals surface area contributed by atoms with Crippen molar-refractivity contribution in [2.45, 2.75) is 45.6 Å². The van der Waals surface area contributed by atoms with Crippen molar-refractivity contribution in [1.29, 1.82) is 0 Å². The molecule has 5 rings (SSSR count). The number of unbranched alkanes of at least 4 members (excludes halogenated alkanes) is 1. The highest BCUT2D eigenvalue weighted by Gasteiger charge is 2.35. The first kappa shape index (κ1) is 23.4. The van der Waals surface area contributed by atoms with Gasteiger partial charge in [0.2, 0.25) is 5.91 Å². The summed E-state index contributed by atoms with van der Waals surface area (Å²) in [6.45, 7) is 6.24. The Labute approximate surface area is 211 Å². The first-order chi connectivity index (χ1) is 17.0. The van der Waals surface area contributed by atoms with Crippen LogP contribution in [0.15, 0.2) is 66.7 Å². The number of hydrogen-bond acceptors (Lipinski definition) is 3. The monoisotopic (exact) mass is 487 g/mol. The van der Waals surface area contributed by atoms with E-state index in [1.165, 1.54) is 5.56 Å². The van der Waals surface area contributed by atoms with Crippen LogP contribution in [0.1, 0.15) is 42.1 Å². The van der Waals surface area contributed by atoms with E-state index in [9.17, 15) is 4.79 Å². The van der Waals surface area contributed by atoms with Crippen molar-refractivity contribution < 1.29 is 9.53 Å². The molecule has 0 spiro atoms. The summed E-state index contributed by atoms with van der Waals surface area (Å²) in [7, 11) is 0. The van der Waals surface area contributed by atoms with Crippen LogP contribution in [-0.2, 0) is 11.3 Å². The Morgan fingerprint density at radius 3 is 2.66 bits per heavy atom. The van der Waals surface area contributed by atoms with Crippen LogP contribution in [0, 0.1) is 13.8 Å². The predicted octanol–water partition coefficient (Wildman–Crippen LogP) is 6.69.